The molecule has 0 saturated carbocycles. The maximum Gasteiger partial charge on any atom is 0.322 e. The maximum atomic E-state index is 12.7. The van der Waals surface area contributed by atoms with Crippen LogP contribution in [-0.2, 0) is 6.54 Å². The Balaban J connectivity index is 1.38. The molecule has 3 heterocycles. The van der Waals surface area contributed by atoms with Gasteiger partial charge in [-0.3, -0.25) is 4.90 Å². The smallest absolute Gasteiger partial charge is 0.322 e. The Labute approximate surface area is 160 Å². The molecule has 0 bridgehead atoms. The molecular weight excluding hydrogens is 340 g/mol. The van der Waals surface area contributed by atoms with Gasteiger partial charge in [0.2, 0.25) is 0 Å². The summed E-state index contributed by atoms with van der Waals surface area (Å²) in [5.74, 6) is 0.654. The Hall–Kier alpha value is -2.34. The van der Waals surface area contributed by atoms with Crippen molar-refractivity contribution in [1.29, 1.82) is 0 Å². The minimum atomic E-state index is -0.0403. The molecule has 2 fully saturated rings. The van der Waals surface area contributed by atoms with Gasteiger partial charge in [0.1, 0.15) is 11.4 Å². The van der Waals surface area contributed by atoms with Crippen LogP contribution in [0.25, 0.3) is 0 Å². The highest BCUT2D eigenvalue weighted by Crippen LogP contribution is 2.39. The van der Waals surface area contributed by atoms with Crippen LogP contribution in [0.2, 0.25) is 0 Å². The largest absolute Gasteiger partial charge is 0.359 e. The molecule has 27 heavy (non-hydrogen) atoms. The Morgan fingerprint density at radius 3 is 2.74 bits per heavy atom. The zero-order valence-corrected chi connectivity index (χ0v) is 16.2. The standard InChI is InChI=1S/C21H28N4O2/c1-16-19(17(2)27-23-16)22-20(26)25-12-10-21(15-25)9-6-11-24(14-21)13-18-7-4-3-5-8-18/h3-5,7-8H,6,9-15H2,1-2H3,(H,22,26). The molecule has 2 aliphatic heterocycles. The van der Waals surface area contributed by atoms with Gasteiger partial charge < -0.3 is 14.7 Å². The fraction of sp³-hybridized carbons (Fsp3) is 0.524. The van der Waals surface area contributed by atoms with Gasteiger partial charge in [-0.2, -0.15) is 0 Å². The van der Waals surface area contributed by atoms with Crippen LogP contribution in [0.1, 0.15) is 36.3 Å². The van der Waals surface area contributed by atoms with E-state index >= 15 is 0 Å². The lowest BCUT2D eigenvalue weighted by Crippen LogP contribution is -2.45. The Morgan fingerprint density at radius 1 is 1.19 bits per heavy atom. The van der Waals surface area contributed by atoms with Gasteiger partial charge >= 0.3 is 6.03 Å². The van der Waals surface area contributed by atoms with E-state index in [1.165, 1.54) is 18.4 Å². The number of nitrogens with zero attached hydrogens (tertiary/aromatic N) is 3. The third kappa shape index (κ3) is 3.86. The number of hydrogen-bond donors (Lipinski definition) is 1. The molecule has 0 aliphatic carbocycles. The van der Waals surface area contributed by atoms with E-state index < -0.39 is 0 Å². The van der Waals surface area contributed by atoms with Crippen molar-refractivity contribution in [2.24, 2.45) is 5.41 Å². The molecule has 2 aliphatic rings. The van der Waals surface area contributed by atoms with Crippen molar-refractivity contribution < 1.29 is 9.32 Å². The molecule has 2 saturated heterocycles. The first-order chi connectivity index (χ1) is 13.0. The van der Waals surface area contributed by atoms with Crippen molar-refractivity contribution >= 4 is 11.7 Å². The Kier molecular flexibility index (Phi) is 4.91. The molecule has 0 radical (unpaired) electrons. The summed E-state index contributed by atoms with van der Waals surface area (Å²) in [6.07, 6.45) is 3.48. The van der Waals surface area contributed by atoms with E-state index in [0.29, 0.717) is 11.4 Å². The lowest BCUT2D eigenvalue weighted by molar-refractivity contribution is 0.0905. The highest BCUT2D eigenvalue weighted by atomic mass is 16.5. The van der Waals surface area contributed by atoms with Gasteiger partial charge in [-0.25, -0.2) is 4.79 Å². The number of nitrogens with one attached hydrogen (secondary N) is 1. The topological polar surface area (TPSA) is 61.6 Å². The summed E-state index contributed by atoms with van der Waals surface area (Å²) in [6.45, 7) is 8.51. The van der Waals surface area contributed by atoms with Crippen molar-refractivity contribution in [3.8, 4) is 0 Å². The number of anilines is 1. The molecule has 1 spiro atoms. The monoisotopic (exact) mass is 368 g/mol. The van der Waals surface area contributed by atoms with Crippen LogP contribution in [0.4, 0.5) is 10.5 Å². The second-order valence-electron chi connectivity index (χ2n) is 8.10. The number of hydrogen-bond acceptors (Lipinski definition) is 4. The number of rotatable bonds is 3. The van der Waals surface area contributed by atoms with Crippen LogP contribution < -0.4 is 5.32 Å². The Bertz CT molecular complexity index is 784. The number of urea groups is 1. The summed E-state index contributed by atoms with van der Waals surface area (Å²) in [4.78, 5) is 17.3. The lowest BCUT2D eigenvalue weighted by Gasteiger charge is -2.40. The third-order valence-corrected chi connectivity index (χ3v) is 5.98. The lowest BCUT2D eigenvalue weighted by atomic mass is 9.79. The molecule has 6 nitrogen and oxygen atoms in total. The van der Waals surface area contributed by atoms with Gasteiger partial charge in [-0.15, -0.1) is 0 Å². The summed E-state index contributed by atoms with van der Waals surface area (Å²) in [5, 5.41) is 6.90. The summed E-state index contributed by atoms with van der Waals surface area (Å²) in [6, 6.07) is 10.6. The molecule has 2 aromatic rings. The fourth-order valence-corrected chi connectivity index (χ4v) is 4.58. The zero-order valence-electron chi connectivity index (χ0n) is 16.2. The quantitative estimate of drug-likeness (QED) is 0.895. The van der Waals surface area contributed by atoms with Crippen molar-refractivity contribution in [3.05, 3.63) is 47.3 Å². The number of carbonyl (C=O) groups is 1. The number of benzene rings is 1. The van der Waals surface area contributed by atoms with Gasteiger partial charge in [0.15, 0.2) is 5.76 Å². The molecule has 2 amide bonds. The predicted octanol–water partition coefficient (Wildman–Crippen LogP) is 3.81. The molecule has 6 heteroatoms. The molecule has 1 N–H and O–H groups in total. The van der Waals surface area contributed by atoms with E-state index in [4.69, 9.17) is 4.52 Å². The van der Waals surface area contributed by atoms with Crippen molar-refractivity contribution in [3.63, 3.8) is 0 Å². The summed E-state index contributed by atoms with van der Waals surface area (Å²) in [7, 11) is 0. The molecule has 1 unspecified atom stereocenters. The van der Waals surface area contributed by atoms with E-state index in [9.17, 15) is 4.79 Å². The average Bonchev–Trinajstić information content (AvgIpc) is 3.21. The maximum absolute atomic E-state index is 12.7. The Morgan fingerprint density at radius 2 is 2.00 bits per heavy atom. The molecule has 1 aromatic carbocycles. The first-order valence-corrected chi connectivity index (χ1v) is 9.80. The second-order valence-corrected chi connectivity index (χ2v) is 8.10. The number of likely N-dealkylation sites (tertiary alicyclic amines) is 2. The van der Waals surface area contributed by atoms with Gasteiger partial charge in [0, 0.05) is 31.6 Å². The first-order valence-electron chi connectivity index (χ1n) is 9.80. The van der Waals surface area contributed by atoms with Crippen LogP contribution in [0.3, 0.4) is 0 Å². The molecule has 1 atom stereocenters. The zero-order chi connectivity index (χ0) is 18.9. The number of piperidine rings is 1. The average molecular weight is 368 g/mol. The van der Waals surface area contributed by atoms with E-state index in [-0.39, 0.29) is 11.4 Å². The van der Waals surface area contributed by atoms with E-state index in [0.717, 1.165) is 44.8 Å². The number of aryl methyl sites for hydroxylation is 2. The minimum Gasteiger partial charge on any atom is -0.359 e. The summed E-state index contributed by atoms with van der Waals surface area (Å²) < 4.78 is 5.15. The fourth-order valence-electron chi connectivity index (χ4n) is 4.58. The van der Waals surface area contributed by atoms with E-state index in [1.54, 1.807) is 0 Å². The van der Waals surface area contributed by atoms with Gasteiger partial charge in [0.05, 0.1) is 0 Å². The van der Waals surface area contributed by atoms with Crippen molar-refractivity contribution in [2.75, 3.05) is 31.5 Å². The van der Waals surface area contributed by atoms with Crippen LogP contribution in [0, 0.1) is 19.3 Å². The predicted molar refractivity (Wildman–Crippen MR) is 105 cm³/mol. The van der Waals surface area contributed by atoms with Crippen LogP contribution >= 0.6 is 0 Å². The van der Waals surface area contributed by atoms with Gasteiger partial charge in [-0.05, 0) is 45.2 Å². The van der Waals surface area contributed by atoms with E-state index in [2.05, 4.69) is 45.7 Å². The van der Waals surface area contributed by atoms with Gasteiger partial charge in [0.25, 0.3) is 0 Å². The summed E-state index contributed by atoms with van der Waals surface area (Å²) in [5.41, 5.74) is 3.01. The molecule has 1 aromatic heterocycles. The highest BCUT2D eigenvalue weighted by molar-refractivity contribution is 5.90. The van der Waals surface area contributed by atoms with E-state index in [1.807, 2.05) is 18.7 Å². The van der Waals surface area contributed by atoms with Crippen LogP contribution in [-0.4, -0.2) is 47.2 Å². The number of aromatic nitrogens is 1. The van der Waals surface area contributed by atoms with Gasteiger partial charge in [-0.1, -0.05) is 35.5 Å². The van der Waals surface area contributed by atoms with Crippen LogP contribution in [0.15, 0.2) is 34.9 Å². The number of carbonyl (C=O) groups excluding carboxylic acids is 1. The molecule has 144 valence electrons. The first kappa shape index (κ1) is 18.0. The SMILES string of the molecule is Cc1noc(C)c1NC(=O)N1CCC2(CCCN(Cc3ccccc3)C2)C1. The normalized spacial score (nSPS) is 23.1. The minimum absolute atomic E-state index is 0.0403. The third-order valence-electron chi connectivity index (χ3n) is 5.98. The molecule has 4 rings (SSSR count). The second kappa shape index (κ2) is 7.35. The highest BCUT2D eigenvalue weighted by Gasteiger charge is 2.42. The number of amides is 2. The van der Waals surface area contributed by atoms with Crippen molar-refractivity contribution in [2.45, 2.75) is 39.7 Å². The molecular formula is C21H28N4O2. The summed E-state index contributed by atoms with van der Waals surface area (Å²) >= 11 is 0. The van der Waals surface area contributed by atoms with Crippen molar-refractivity contribution in [1.82, 2.24) is 15.0 Å². The van der Waals surface area contributed by atoms with Crippen LogP contribution in [0.5, 0.6) is 0 Å².